The van der Waals surface area contributed by atoms with Crippen LogP contribution in [0.1, 0.15) is 46.9 Å². The minimum atomic E-state index is -0.832. The maximum Gasteiger partial charge on any atom is 0.258 e. The molecule has 1 aliphatic rings. The standard InChI is InChI=1S/C32H34N4O3/c1-35(22-23-12-5-3-6-13-23)32-33-21-27(29(34-32)24-14-7-4-8-15-24)31(38)36-19-10-9-18-28(36)30(37)25-16-11-17-26(20-25)39-2/h3-8,11-17,20-21,28,30,37H,9-10,18-19,22H2,1-2H3. The molecule has 2 atom stereocenters. The minimum absolute atomic E-state index is 0.169. The fourth-order valence-corrected chi connectivity index (χ4v) is 5.20. The molecular weight excluding hydrogens is 488 g/mol. The number of benzene rings is 3. The van der Waals surface area contributed by atoms with Gasteiger partial charge < -0.3 is 19.6 Å². The predicted octanol–water partition coefficient (Wildman–Crippen LogP) is 5.52. The van der Waals surface area contributed by atoms with Gasteiger partial charge in [0, 0.05) is 31.9 Å². The molecule has 7 nitrogen and oxygen atoms in total. The van der Waals surface area contributed by atoms with Crippen LogP contribution in [0.4, 0.5) is 5.95 Å². The summed E-state index contributed by atoms with van der Waals surface area (Å²) in [4.78, 5) is 27.4. The molecule has 7 heteroatoms. The van der Waals surface area contributed by atoms with Crippen molar-refractivity contribution in [3.05, 3.63) is 108 Å². The molecule has 1 amide bonds. The van der Waals surface area contributed by atoms with Crippen LogP contribution in [0.2, 0.25) is 0 Å². The number of amides is 1. The zero-order valence-electron chi connectivity index (χ0n) is 22.4. The smallest absolute Gasteiger partial charge is 0.258 e. The van der Waals surface area contributed by atoms with Gasteiger partial charge in [0.25, 0.3) is 5.91 Å². The molecule has 0 aliphatic carbocycles. The Kier molecular flexibility index (Phi) is 8.18. The summed E-state index contributed by atoms with van der Waals surface area (Å²) in [7, 11) is 3.55. The normalized spacial score (nSPS) is 16.0. The summed E-state index contributed by atoms with van der Waals surface area (Å²) in [5.74, 6) is 1.05. The number of piperidine rings is 1. The zero-order chi connectivity index (χ0) is 27.2. The highest BCUT2D eigenvalue weighted by molar-refractivity contribution is 6.00. The van der Waals surface area contributed by atoms with Crippen LogP contribution < -0.4 is 9.64 Å². The summed E-state index contributed by atoms with van der Waals surface area (Å²) in [5, 5.41) is 11.4. The van der Waals surface area contributed by atoms with Crippen molar-refractivity contribution < 1.29 is 14.6 Å². The molecule has 2 unspecified atom stereocenters. The Labute approximate surface area is 229 Å². The summed E-state index contributed by atoms with van der Waals surface area (Å²) >= 11 is 0. The summed E-state index contributed by atoms with van der Waals surface area (Å²) < 4.78 is 5.36. The SMILES string of the molecule is COc1cccc(C(O)C2CCCCN2C(=O)c2cnc(N(C)Cc3ccccc3)nc2-c2ccccc2)c1. The van der Waals surface area contributed by atoms with E-state index in [0.717, 1.165) is 29.5 Å². The number of aliphatic hydroxyl groups is 1. The van der Waals surface area contributed by atoms with Crippen LogP contribution in [0, 0.1) is 0 Å². The van der Waals surface area contributed by atoms with Gasteiger partial charge in [-0.3, -0.25) is 4.79 Å². The van der Waals surface area contributed by atoms with Crippen LogP contribution in [-0.4, -0.2) is 52.6 Å². The van der Waals surface area contributed by atoms with Crippen molar-refractivity contribution in [3.8, 4) is 17.0 Å². The van der Waals surface area contributed by atoms with Crippen molar-refractivity contribution >= 4 is 11.9 Å². The highest BCUT2D eigenvalue weighted by Crippen LogP contribution is 2.33. The van der Waals surface area contributed by atoms with Crippen molar-refractivity contribution in [3.63, 3.8) is 0 Å². The third-order valence-corrected chi connectivity index (χ3v) is 7.27. The Morgan fingerprint density at radius 2 is 1.79 bits per heavy atom. The van der Waals surface area contributed by atoms with Crippen LogP contribution in [-0.2, 0) is 6.54 Å². The number of methoxy groups -OCH3 is 1. The quantitative estimate of drug-likeness (QED) is 0.328. The van der Waals surface area contributed by atoms with Crippen LogP contribution in [0.25, 0.3) is 11.3 Å². The van der Waals surface area contributed by atoms with Gasteiger partial charge in [0.2, 0.25) is 5.95 Å². The lowest BCUT2D eigenvalue weighted by Crippen LogP contribution is -2.47. The first-order chi connectivity index (χ1) is 19.0. The topological polar surface area (TPSA) is 78.8 Å². The zero-order valence-corrected chi connectivity index (χ0v) is 22.4. The number of hydrogen-bond donors (Lipinski definition) is 1. The van der Waals surface area contributed by atoms with Crippen LogP contribution in [0.15, 0.2) is 91.1 Å². The molecule has 1 fully saturated rings. The summed E-state index contributed by atoms with van der Waals surface area (Å²) in [6.07, 6.45) is 3.34. The third kappa shape index (κ3) is 5.94. The Hall–Kier alpha value is -4.23. The second-order valence-corrected chi connectivity index (χ2v) is 9.92. The van der Waals surface area contributed by atoms with Gasteiger partial charge in [-0.15, -0.1) is 0 Å². The molecule has 0 saturated carbocycles. The third-order valence-electron chi connectivity index (χ3n) is 7.27. The van der Waals surface area contributed by atoms with E-state index >= 15 is 0 Å². The Morgan fingerprint density at radius 1 is 1.05 bits per heavy atom. The van der Waals surface area contributed by atoms with E-state index in [1.807, 2.05) is 84.7 Å². The summed E-state index contributed by atoms with van der Waals surface area (Å²) in [5.41, 5.74) is 3.75. The molecule has 0 radical (unpaired) electrons. The first kappa shape index (κ1) is 26.4. The maximum atomic E-state index is 14.1. The van der Waals surface area contributed by atoms with E-state index in [1.54, 1.807) is 18.2 Å². The highest BCUT2D eigenvalue weighted by atomic mass is 16.5. The van der Waals surface area contributed by atoms with Gasteiger partial charge in [0.1, 0.15) is 5.75 Å². The second kappa shape index (κ2) is 12.1. The van der Waals surface area contributed by atoms with Crippen molar-refractivity contribution in [2.75, 3.05) is 25.6 Å². The van der Waals surface area contributed by atoms with Gasteiger partial charge in [-0.1, -0.05) is 72.8 Å². The molecule has 1 aromatic heterocycles. The molecule has 4 aromatic rings. The van der Waals surface area contributed by atoms with Gasteiger partial charge in [-0.05, 0) is 42.5 Å². The molecule has 1 N–H and O–H groups in total. The second-order valence-electron chi connectivity index (χ2n) is 9.92. The maximum absolute atomic E-state index is 14.1. The average Bonchev–Trinajstić information content (AvgIpc) is 3.01. The number of likely N-dealkylation sites (tertiary alicyclic amines) is 1. The number of aliphatic hydroxyl groups excluding tert-OH is 1. The fourth-order valence-electron chi connectivity index (χ4n) is 5.20. The Balaban J connectivity index is 1.48. The fraction of sp³-hybridized carbons (Fsp3) is 0.281. The molecule has 1 saturated heterocycles. The van der Waals surface area contributed by atoms with Crippen LogP contribution in [0.5, 0.6) is 5.75 Å². The van der Waals surface area contributed by atoms with Gasteiger partial charge in [0.05, 0.1) is 30.5 Å². The number of aromatic nitrogens is 2. The Bertz CT molecular complexity index is 1400. The first-order valence-electron chi connectivity index (χ1n) is 13.4. The number of nitrogens with zero attached hydrogens (tertiary/aromatic N) is 4. The number of ether oxygens (including phenoxy) is 1. The van der Waals surface area contributed by atoms with E-state index in [9.17, 15) is 9.90 Å². The highest BCUT2D eigenvalue weighted by Gasteiger charge is 2.35. The van der Waals surface area contributed by atoms with Crippen LogP contribution in [0.3, 0.4) is 0 Å². The largest absolute Gasteiger partial charge is 0.497 e. The van der Waals surface area contributed by atoms with E-state index in [4.69, 9.17) is 9.72 Å². The minimum Gasteiger partial charge on any atom is -0.497 e. The molecule has 2 heterocycles. The number of anilines is 1. The molecule has 39 heavy (non-hydrogen) atoms. The number of hydrogen-bond acceptors (Lipinski definition) is 6. The van der Waals surface area contributed by atoms with E-state index in [2.05, 4.69) is 17.1 Å². The van der Waals surface area contributed by atoms with Crippen molar-refractivity contribution in [2.45, 2.75) is 38.0 Å². The van der Waals surface area contributed by atoms with E-state index in [0.29, 0.717) is 42.5 Å². The lowest BCUT2D eigenvalue weighted by molar-refractivity contribution is 0.0211. The molecule has 5 rings (SSSR count). The van der Waals surface area contributed by atoms with Gasteiger partial charge in [-0.2, -0.15) is 0 Å². The molecule has 1 aliphatic heterocycles. The number of rotatable bonds is 8. The van der Waals surface area contributed by atoms with Gasteiger partial charge in [-0.25, -0.2) is 9.97 Å². The number of carbonyl (C=O) groups is 1. The molecule has 200 valence electrons. The summed E-state index contributed by atoms with van der Waals surface area (Å²) in [6.45, 7) is 1.21. The van der Waals surface area contributed by atoms with Crippen molar-refractivity contribution in [2.24, 2.45) is 0 Å². The first-order valence-corrected chi connectivity index (χ1v) is 13.4. The summed E-state index contributed by atoms with van der Waals surface area (Å²) in [6, 6.07) is 26.9. The van der Waals surface area contributed by atoms with E-state index in [-0.39, 0.29) is 11.9 Å². The lowest BCUT2D eigenvalue weighted by atomic mass is 9.92. The molecular formula is C32H34N4O3. The van der Waals surface area contributed by atoms with E-state index in [1.165, 1.54) is 0 Å². The predicted molar refractivity (Wildman–Crippen MR) is 153 cm³/mol. The van der Waals surface area contributed by atoms with Crippen molar-refractivity contribution in [1.29, 1.82) is 0 Å². The van der Waals surface area contributed by atoms with Crippen molar-refractivity contribution in [1.82, 2.24) is 14.9 Å². The molecule has 0 spiro atoms. The Morgan fingerprint density at radius 3 is 2.54 bits per heavy atom. The van der Waals surface area contributed by atoms with Crippen LogP contribution >= 0.6 is 0 Å². The van der Waals surface area contributed by atoms with Gasteiger partial charge >= 0.3 is 0 Å². The monoisotopic (exact) mass is 522 g/mol. The number of carbonyl (C=O) groups excluding carboxylic acids is 1. The molecule has 3 aromatic carbocycles. The lowest BCUT2D eigenvalue weighted by Gasteiger charge is -2.39. The average molecular weight is 523 g/mol. The molecule has 0 bridgehead atoms. The van der Waals surface area contributed by atoms with E-state index < -0.39 is 6.10 Å². The van der Waals surface area contributed by atoms with Gasteiger partial charge in [0.15, 0.2) is 0 Å².